The highest BCUT2D eigenvalue weighted by atomic mass is 16.5. The molecule has 0 unspecified atom stereocenters. The van der Waals surface area contributed by atoms with Crippen molar-refractivity contribution in [2.45, 2.75) is 19.4 Å². The molecule has 0 bridgehead atoms. The number of para-hydroxylation sites is 2. The summed E-state index contributed by atoms with van der Waals surface area (Å²) in [5.41, 5.74) is 7.26. The number of primary amides is 1. The molecule has 7 nitrogen and oxygen atoms in total. The third-order valence-electron chi connectivity index (χ3n) is 5.30. The number of unbranched alkanes of at least 4 members (excludes halogenated alkanes) is 1. The Labute approximate surface area is 178 Å². The second kappa shape index (κ2) is 11.3. The van der Waals surface area contributed by atoms with Gasteiger partial charge in [-0.3, -0.25) is 4.90 Å². The Balaban J connectivity index is 1.32. The summed E-state index contributed by atoms with van der Waals surface area (Å²) < 4.78 is 11.4. The van der Waals surface area contributed by atoms with Gasteiger partial charge in [0, 0.05) is 32.7 Å². The van der Waals surface area contributed by atoms with Crippen LogP contribution in [0.5, 0.6) is 11.5 Å². The quantitative estimate of drug-likeness (QED) is 0.587. The van der Waals surface area contributed by atoms with Crippen LogP contribution in [0.25, 0.3) is 0 Å². The van der Waals surface area contributed by atoms with E-state index in [-0.39, 0.29) is 0 Å². The number of hydrogen-bond acceptors (Lipinski definition) is 5. The van der Waals surface area contributed by atoms with Crippen LogP contribution in [0.3, 0.4) is 0 Å². The van der Waals surface area contributed by atoms with E-state index in [0.717, 1.165) is 62.6 Å². The van der Waals surface area contributed by atoms with Gasteiger partial charge >= 0.3 is 6.03 Å². The average Bonchev–Trinajstić information content (AvgIpc) is 2.78. The number of rotatable bonds is 10. The summed E-state index contributed by atoms with van der Waals surface area (Å²) in [4.78, 5) is 15.7. The molecule has 1 saturated heterocycles. The summed E-state index contributed by atoms with van der Waals surface area (Å²) in [6, 6.07) is 15.4. The first kappa shape index (κ1) is 21.8. The lowest BCUT2D eigenvalue weighted by Gasteiger charge is -2.36. The van der Waals surface area contributed by atoms with Crippen LogP contribution in [0.1, 0.15) is 18.4 Å². The van der Waals surface area contributed by atoms with Gasteiger partial charge in [0.2, 0.25) is 0 Å². The van der Waals surface area contributed by atoms with Crippen LogP contribution in [0.2, 0.25) is 0 Å². The summed E-state index contributed by atoms with van der Waals surface area (Å²) in [6.45, 7) is 6.35. The minimum Gasteiger partial charge on any atom is -0.495 e. The van der Waals surface area contributed by atoms with Crippen LogP contribution in [-0.4, -0.2) is 57.4 Å². The number of amides is 2. The molecule has 162 valence electrons. The Bertz CT molecular complexity index is 807. The molecule has 3 rings (SSSR count). The molecule has 2 aromatic rings. The number of nitrogens with zero attached hydrogens (tertiary/aromatic N) is 2. The van der Waals surface area contributed by atoms with Crippen LogP contribution in [0.15, 0.2) is 48.5 Å². The molecular formula is C23H32N4O3. The highest BCUT2D eigenvalue weighted by Gasteiger charge is 2.19. The van der Waals surface area contributed by atoms with Crippen molar-refractivity contribution in [1.29, 1.82) is 0 Å². The Hall–Kier alpha value is -2.93. The predicted molar refractivity (Wildman–Crippen MR) is 119 cm³/mol. The first-order valence-corrected chi connectivity index (χ1v) is 10.5. The van der Waals surface area contributed by atoms with Crippen LogP contribution in [0.4, 0.5) is 10.5 Å². The molecule has 0 atom stereocenters. The van der Waals surface area contributed by atoms with E-state index in [0.29, 0.717) is 13.2 Å². The van der Waals surface area contributed by atoms with Gasteiger partial charge in [-0.2, -0.15) is 0 Å². The highest BCUT2D eigenvalue weighted by Crippen LogP contribution is 2.28. The van der Waals surface area contributed by atoms with E-state index in [4.69, 9.17) is 15.2 Å². The van der Waals surface area contributed by atoms with Gasteiger partial charge < -0.3 is 25.4 Å². The topological polar surface area (TPSA) is 80.1 Å². The molecule has 1 aliphatic rings. The van der Waals surface area contributed by atoms with Crippen molar-refractivity contribution in [3.05, 3.63) is 54.1 Å². The number of methoxy groups -OCH3 is 1. The predicted octanol–water partition coefficient (Wildman–Crippen LogP) is 2.84. The molecule has 1 heterocycles. The third-order valence-corrected chi connectivity index (χ3v) is 5.30. The van der Waals surface area contributed by atoms with E-state index in [1.54, 1.807) is 7.11 Å². The summed E-state index contributed by atoms with van der Waals surface area (Å²) in [6.07, 6.45) is 2.12. The van der Waals surface area contributed by atoms with Crippen LogP contribution in [-0.2, 0) is 6.54 Å². The molecule has 0 saturated carbocycles. The van der Waals surface area contributed by atoms with E-state index >= 15 is 0 Å². The van der Waals surface area contributed by atoms with Gasteiger partial charge in [-0.25, -0.2) is 4.79 Å². The second-order valence-corrected chi connectivity index (χ2v) is 7.42. The number of carbonyl (C=O) groups excluding carboxylic acids is 1. The summed E-state index contributed by atoms with van der Waals surface area (Å²) in [7, 11) is 1.73. The lowest BCUT2D eigenvalue weighted by atomic mass is 10.2. The van der Waals surface area contributed by atoms with Crippen molar-refractivity contribution in [3.8, 4) is 11.5 Å². The minimum absolute atomic E-state index is 0.410. The highest BCUT2D eigenvalue weighted by molar-refractivity contribution is 5.71. The maximum atomic E-state index is 10.8. The molecule has 0 aromatic heterocycles. The standard InChI is InChI=1S/C23H32N4O3/c1-29-22-10-3-2-9-21(22)27-14-12-26(13-15-27)11-4-5-16-30-20-8-6-7-19(17-20)18-25-23(24)28/h2-3,6-10,17H,4-5,11-16,18H2,1H3,(H3,24,25,28). The molecule has 0 radical (unpaired) electrons. The molecular weight excluding hydrogens is 380 g/mol. The van der Waals surface area contributed by atoms with Crippen LogP contribution >= 0.6 is 0 Å². The number of benzene rings is 2. The number of nitrogens with two attached hydrogens (primary N) is 1. The van der Waals surface area contributed by atoms with Gasteiger partial charge in [0.1, 0.15) is 11.5 Å². The number of urea groups is 1. The molecule has 3 N–H and O–H groups in total. The summed E-state index contributed by atoms with van der Waals surface area (Å²) in [5.74, 6) is 1.77. The molecule has 7 heteroatoms. The maximum absolute atomic E-state index is 10.8. The Morgan fingerprint density at radius 2 is 1.87 bits per heavy atom. The zero-order valence-electron chi connectivity index (χ0n) is 17.7. The van der Waals surface area contributed by atoms with E-state index in [1.165, 1.54) is 5.69 Å². The monoisotopic (exact) mass is 412 g/mol. The van der Waals surface area contributed by atoms with Gasteiger partial charge in [0.05, 0.1) is 19.4 Å². The molecule has 0 aliphatic carbocycles. The molecule has 0 spiro atoms. The van der Waals surface area contributed by atoms with E-state index in [9.17, 15) is 4.79 Å². The zero-order valence-corrected chi connectivity index (χ0v) is 17.7. The number of piperazine rings is 1. The lowest BCUT2D eigenvalue weighted by Crippen LogP contribution is -2.46. The fourth-order valence-corrected chi connectivity index (χ4v) is 3.67. The molecule has 2 aromatic carbocycles. The Morgan fingerprint density at radius 1 is 1.07 bits per heavy atom. The molecule has 1 fully saturated rings. The fraction of sp³-hybridized carbons (Fsp3) is 0.435. The number of ether oxygens (including phenoxy) is 2. The lowest BCUT2D eigenvalue weighted by molar-refractivity contribution is 0.238. The largest absolute Gasteiger partial charge is 0.495 e. The first-order chi connectivity index (χ1) is 14.7. The Morgan fingerprint density at radius 3 is 2.63 bits per heavy atom. The number of nitrogens with one attached hydrogen (secondary N) is 1. The van der Waals surface area contributed by atoms with Crippen molar-refractivity contribution < 1.29 is 14.3 Å². The minimum atomic E-state index is -0.523. The first-order valence-electron chi connectivity index (χ1n) is 10.5. The van der Waals surface area contributed by atoms with E-state index in [2.05, 4.69) is 27.2 Å². The smallest absolute Gasteiger partial charge is 0.312 e. The summed E-state index contributed by atoms with van der Waals surface area (Å²) in [5, 5.41) is 2.59. The van der Waals surface area contributed by atoms with Crippen molar-refractivity contribution in [2.75, 3.05) is 51.3 Å². The van der Waals surface area contributed by atoms with E-state index in [1.807, 2.05) is 36.4 Å². The second-order valence-electron chi connectivity index (χ2n) is 7.42. The SMILES string of the molecule is COc1ccccc1N1CCN(CCCCOc2cccc(CNC(N)=O)c2)CC1. The van der Waals surface area contributed by atoms with Crippen molar-refractivity contribution >= 4 is 11.7 Å². The Kier molecular flexibility index (Phi) is 8.20. The van der Waals surface area contributed by atoms with Gasteiger partial charge in [-0.1, -0.05) is 24.3 Å². The van der Waals surface area contributed by atoms with Crippen molar-refractivity contribution in [3.63, 3.8) is 0 Å². The molecule has 30 heavy (non-hydrogen) atoms. The van der Waals surface area contributed by atoms with Crippen LogP contribution < -0.4 is 25.4 Å². The normalized spacial score (nSPS) is 14.4. The average molecular weight is 413 g/mol. The fourth-order valence-electron chi connectivity index (χ4n) is 3.67. The summed E-state index contributed by atoms with van der Waals surface area (Å²) >= 11 is 0. The third kappa shape index (κ3) is 6.56. The van der Waals surface area contributed by atoms with Gasteiger partial charge in [0.15, 0.2) is 0 Å². The number of hydrogen-bond donors (Lipinski definition) is 2. The van der Waals surface area contributed by atoms with Crippen LogP contribution in [0, 0.1) is 0 Å². The van der Waals surface area contributed by atoms with Crippen molar-refractivity contribution in [2.24, 2.45) is 5.73 Å². The van der Waals surface area contributed by atoms with Gasteiger partial charge in [-0.05, 0) is 49.2 Å². The number of anilines is 1. The zero-order chi connectivity index (χ0) is 21.2. The molecule has 1 aliphatic heterocycles. The van der Waals surface area contributed by atoms with E-state index < -0.39 is 6.03 Å². The number of carbonyl (C=O) groups is 1. The van der Waals surface area contributed by atoms with Gasteiger partial charge in [-0.15, -0.1) is 0 Å². The van der Waals surface area contributed by atoms with Crippen molar-refractivity contribution in [1.82, 2.24) is 10.2 Å². The van der Waals surface area contributed by atoms with Gasteiger partial charge in [0.25, 0.3) is 0 Å². The molecule has 2 amide bonds. The maximum Gasteiger partial charge on any atom is 0.312 e.